The van der Waals surface area contributed by atoms with E-state index < -0.39 is 0 Å². The Bertz CT molecular complexity index is 358. The van der Waals surface area contributed by atoms with Crippen molar-refractivity contribution in [1.82, 2.24) is 9.80 Å². The maximum atomic E-state index is 2.55. The van der Waals surface area contributed by atoms with E-state index in [-0.39, 0.29) is 0 Å². The Balaban J connectivity index is 1.98. The van der Waals surface area contributed by atoms with Gasteiger partial charge in [0.05, 0.1) is 0 Å². The van der Waals surface area contributed by atoms with Crippen LogP contribution in [0, 0.1) is 6.92 Å². The van der Waals surface area contributed by atoms with E-state index in [2.05, 4.69) is 49.0 Å². The lowest BCUT2D eigenvalue weighted by Gasteiger charge is -2.29. The molecule has 1 aromatic rings. The van der Waals surface area contributed by atoms with E-state index in [1.54, 1.807) is 5.56 Å². The highest BCUT2D eigenvalue weighted by atomic mass is 15.2. The third kappa shape index (κ3) is 2.83. The molecule has 2 heteroatoms. The van der Waals surface area contributed by atoms with Crippen molar-refractivity contribution in [2.45, 2.75) is 19.9 Å². The lowest BCUT2D eigenvalue weighted by atomic mass is 9.98. The van der Waals surface area contributed by atoms with Gasteiger partial charge in [0.2, 0.25) is 0 Å². The van der Waals surface area contributed by atoms with E-state index in [0.717, 1.165) is 13.1 Å². The molecule has 1 aromatic carbocycles. The normalized spacial score (nSPS) is 16.5. The summed E-state index contributed by atoms with van der Waals surface area (Å²) in [5.41, 5.74) is 4.47. The molecule has 0 radical (unpaired) electrons. The second-order valence-electron chi connectivity index (χ2n) is 5.10. The number of nitrogens with zero attached hydrogens (tertiary/aromatic N) is 2. The van der Waals surface area contributed by atoms with E-state index in [1.807, 2.05) is 0 Å². The van der Waals surface area contributed by atoms with Crippen LogP contribution in [-0.2, 0) is 13.0 Å². The van der Waals surface area contributed by atoms with Crippen LogP contribution in [0.15, 0.2) is 18.2 Å². The van der Waals surface area contributed by atoms with Crippen LogP contribution in [0.4, 0.5) is 0 Å². The number of benzene rings is 1. The first-order chi connectivity index (χ1) is 7.65. The average Bonchev–Trinajstić information content (AvgIpc) is 2.26. The van der Waals surface area contributed by atoms with Gasteiger partial charge in [0, 0.05) is 26.2 Å². The Morgan fingerprint density at radius 1 is 1.25 bits per heavy atom. The standard InChI is InChI=1S/C14H22N2/c1-12-4-5-14-11-16(9-8-15(2)3)7-6-13(14)10-12/h4-5,10H,6-9,11H2,1-3H3. The van der Waals surface area contributed by atoms with Crippen molar-refractivity contribution < 1.29 is 0 Å². The second kappa shape index (κ2) is 4.98. The molecular weight excluding hydrogens is 196 g/mol. The molecule has 16 heavy (non-hydrogen) atoms. The lowest BCUT2D eigenvalue weighted by molar-refractivity contribution is 0.225. The molecular formula is C14H22N2. The van der Waals surface area contributed by atoms with Crippen LogP contribution in [0.2, 0.25) is 0 Å². The van der Waals surface area contributed by atoms with Crippen LogP contribution in [0.25, 0.3) is 0 Å². The van der Waals surface area contributed by atoms with E-state index in [4.69, 9.17) is 0 Å². The molecule has 0 saturated heterocycles. The van der Waals surface area contributed by atoms with Gasteiger partial charge in [0.1, 0.15) is 0 Å². The zero-order chi connectivity index (χ0) is 11.5. The minimum absolute atomic E-state index is 1.13. The molecule has 0 unspecified atom stereocenters. The van der Waals surface area contributed by atoms with Crippen LogP contribution in [0.1, 0.15) is 16.7 Å². The first-order valence-corrected chi connectivity index (χ1v) is 6.10. The van der Waals surface area contributed by atoms with Crippen LogP contribution in [0.3, 0.4) is 0 Å². The molecule has 0 N–H and O–H groups in total. The Hall–Kier alpha value is -0.860. The summed E-state index contributed by atoms with van der Waals surface area (Å²) in [4.78, 5) is 4.81. The van der Waals surface area contributed by atoms with Crippen molar-refractivity contribution in [2.24, 2.45) is 0 Å². The number of hydrogen-bond donors (Lipinski definition) is 0. The van der Waals surface area contributed by atoms with Crippen LogP contribution in [0.5, 0.6) is 0 Å². The second-order valence-corrected chi connectivity index (χ2v) is 5.10. The third-order valence-corrected chi connectivity index (χ3v) is 3.32. The highest BCUT2D eigenvalue weighted by molar-refractivity contribution is 5.33. The fourth-order valence-electron chi connectivity index (χ4n) is 2.27. The van der Waals surface area contributed by atoms with Gasteiger partial charge < -0.3 is 4.90 Å². The average molecular weight is 218 g/mol. The minimum Gasteiger partial charge on any atom is -0.308 e. The quantitative estimate of drug-likeness (QED) is 0.765. The molecule has 1 aliphatic heterocycles. The number of likely N-dealkylation sites (N-methyl/N-ethyl adjacent to an activating group) is 1. The summed E-state index contributed by atoms with van der Waals surface area (Å²) in [6, 6.07) is 6.87. The van der Waals surface area contributed by atoms with Crippen molar-refractivity contribution in [2.75, 3.05) is 33.7 Å². The summed E-state index contributed by atoms with van der Waals surface area (Å²) in [6.45, 7) is 6.86. The fraction of sp³-hybridized carbons (Fsp3) is 0.571. The lowest BCUT2D eigenvalue weighted by Crippen LogP contribution is -2.35. The predicted molar refractivity (Wildman–Crippen MR) is 68.7 cm³/mol. The Morgan fingerprint density at radius 3 is 2.81 bits per heavy atom. The summed E-state index contributed by atoms with van der Waals surface area (Å²) in [5.74, 6) is 0. The van der Waals surface area contributed by atoms with Gasteiger partial charge in [-0.15, -0.1) is 0 Å². The van der Waals surface area contributed by atoms with E-state index >= 15 is 0 Å². The molecule has 0 aromatic heterocycles. The molecule has 2 rings (SSSR count). The first-order valence-electron chi connectivity index (χ1n) is 6.10. The number of rotatable bonds is 3. The monoisotopic (exact) mass is 218 g/mol. The Kier molecular flexibility index (Phi) is 3.62. The van der Waals surface area contributed by atoms with E-state index in [1.165, 1.54) is 30.6 Å². The van der Waals surface area contributed by atoms with Crippen molar-refractivity contribution in [3.05, 3.63) is 34.9 Å². The van der Waals surface area contributed by atoms with E-state index in [0.29, 0.717) is 0 Å². The molecule has 0 bridgehead atoms. The minimum atomic E-state index is 1.13. The molecule has 0 saturated carbocycles. The highest BCUT2D eigenvalue weighted by Gasteiger charge is 2.15. The maximum absolute atomic E-state index is 2.55. The van der Waals surface area contributed by atoms with Gasteiger partial charge >= 0.3 is 0 Å². The zero-order valence-corrected chi connectivity index (χ0v) is 10.7. The molecule has 88 valence electrons. The van der Waals surface area contributed by atoms with Gasteiger partial charge in [-0.2, -0.15) is 0 Å². The van der Waals surface area contributed by atoms with Crippen molar-refractivity contribution in [3.63, 3.8) is 0 Å². The van der Waals surface area contributed by atoms with Crippen LogP contribution in [-0.4, -0.2) is 43.5 Å². The van der Waals surface area contributed by atoms with Crippen LogP contribution >= 0.6 is 0 Å². The first kappa shape index (κ1) is 11.6. The van der Waals surface area contributed by atoms with Gasteiger partial charge in [0.25, 0.3) is 0 Å². The summed E-state index contributed by atoms with van der Waals surface area (Å²) in [5, 5.41) is 0. The van der Waals surface area contributed by atoms with Crippen molar-refractivity contribution in [1.29, 1.82) is 0 Å². The Morgan fingerprint density at radius 2 is 2.06 bits per heavy atom. The molecule has 0 spiro atoms. The predicted octanol–water partition coefficient (Wildman–Crippen LogP) is 1.91. The van der Waals surface area contributed by atoms with Gasteiger partial charge in [-0.3, -0.25) is 4.90 Å². The van der Waals surface area contributed by atoms with Gasteiger partial charge in [-0.25, -0.2) is 0 Å². The third-order valence-electron chi connectivity index (χ3n) is 3.32. The highest BCUT2D eigenvalue weighted by Crippen LogP contribution is 2.19. The molecule has 1 heterocycles. The van der Waals surface area contributed by atoms with Gasteiger partial charge in [-0.1, -0.05) is 23.8 Å². The molecule has 0 fully saturated rings. The van der Waals surface area contributed by atoms with Crippen LogP contribution < -0.4 is 0 Å². The van der Waals surface area contributed by atoms with Gasteiger partial charge in [-0.05, 0) is 38.6 Å². The molecule has 0 atom stereocenters. The molecule has 1 aliphatic rings. The van der Waals surface area contributed by atoms with E-state index in [9.17, 15) is 0 Å². The summed E-state index contributed by atoms with van der Waals surface area (Å²) in [6.07, 6.45) is 1.21. The Labute approximate surface area is 98.9 Å². The largest absolute Gasteiger partial charge is 0.308 e. The smallest absolute Gasteiger partial charge is 0.0237 e. The number of hydrogen-bond acceptors (Lipinski definition) is 2. The SMILES string of the molecule is Cc1ccc2c(c1)CCN(CCN(C)C)C2. The summed E-state index contributed by atoms with van der Waals surface area (Å²) < 4.78 is 0. The maximum Gasteiger partial charge on any atom is 0.0237 e. The number of aryl methyl sites for hydroxylation is 1. The summed E-state index contributed by atoms with van der Waals surface area (Å²) in [7, 11) is 4.28. The summed E-state index contributed by atoms with van der Waals surface area (Å²) >= 11 is 0. The fourth-order valence-corrected chi connectivity index (χ4v) is 2.27. The van der Waals surface area contributed by atoms with Gasteiger partial charge in [0.15, 0.2) is 0 Å². The number of fused-ring (bicyclic) bond motifs is 1. The topological polar surface area (TPSA) is 6.48 Å². The molecule has 0 aliphatic carbocycles. The zero-order valence-electron chi connectivity index (χ0n) is 10.7. The van der Waals surface area contributed by atoms with Crippen molar-refractivity contribution >= 4 is 0 Å². The molecule has 2 nitrogen and oxygen atoms in total. The van der Waals surface area contributed by atoms with Crippen molar-refractivity contribution in [3.8, 4) is 0 Å². The molecule has 0 amide bonds.